The topological polar surface area (TPSA) is 102 Å². The van der Waals surface area contributed by atoms with Crippen LogP contribution >= 0.6 is 11.8 Å². The molecule has 0 radical (unpaired) electrons. The van der Waals surface area contributed by atoms with Crippen LogP contribution in [0.15, 0.2) is 52.3 Å². The Morgan fingerprint density at radius 3 is 2.80 bits per heavy atom. The van der Waals surface area contributed by atoms with E-state index >= 15 is 0 Å². The summed E-state index contributed by atoms with van der Waals surface area (Å²) < 4.78 is 31.0. The summed E-state index contributed by atoms with van der Waals surface area (Å²) in [6, 6.07) is 11.7. The van der Waals surface area contributed by atoms with Gasteiger partial charge in [-0.3, -0.25) is 9.59 Å². The average Bonchev–Trinajstić information content (AvgIpc) is 2.86. The third-order valence-electron chi connectivity index (χ3n) is 4.56. The second kappa shape index (κ2) is 9.53. The van der Waals surface area contributed by atoms with Crippen LogP contribution in [0.3, 0.4) is 0 Å². The van der Waals surface area contributed by atoms with E-state index in [1.54, 1.807) is 30.3 Å². The van der Waals surface area contributed by atoms with E-state index in [1.807, 2.05) is 13.8 Å². The number of nitrogens with one attached hydrogen (secondary N) is 2. The molecule has 7 nitrogen and oxygen atoms in total. The van der Waals surface area contributed by atoms with Crippen LogP contribution in [0.25, 0.3) is 0 Å². The van der Waals surface area contributed by atoms with Gasteiger partial charge in [0, 0.05) is 23.0 Å². The first kappa shape index (κ1) is 22.2. The highest BCUT2D eigenvalue weighted by Gasteiger charge is 2.23. The lowest BCUT2D eigenvalue weighted by molar-refractivity contribution is -0.118. The van der Waals surface area contributed by atoms with E-state index in [4.69, 9.17) is 4.74 Å². The second-order valence-electron chi connectivity index (χ2n) is 6.91. The quantitative estimate of drug-likeness (QED) is 0.672. The molecule has 2 aromatic rings. The van der Waals surface area contributed by atoms with Crippen molar-refractivity contribution in [3.63, 3.8) is 0 Å². The number of benzene rings is 2. The third-order valence-corrected chi connectivity index (χ3v) is 7.61. The Bertz CT molecular complexity index is 1050. The van der Waals surface area contributed by atoms with Gasteiger partial charge in [0.25, 0.3) is 0 Å². The number of fused-ring (bicyclic) bond motifs is 1. The standard InChI is InChI=1S/C21H24N2O5S2/c1-3-28-18-7-5-4-6-16(18)22-20(24)10-11-30(26,27)15-8-9-19-17(12-15)23-21(25)14(2)13-29-19/h4-9,12,14H,3,10-11,13H2,1-2H3,(H,22,24)(H,23,25)/t14-/m1/s1. The maximum absolute atomic E-state index is 12.8. The van der Waals surface area contributed by atoms with Crippen molar-refractivity contribution >= 4 is 44.8 Å². The molecule has 0 aromatic heterocycles. The molecule has 0 aliphatic carbocycles. The van der Waals surface area contributed by atoms with Gasteiger partial charge < -0.3 is 15.4 Å². The normalized spacial score (nSPS) is 16.2. The zero-order chi connectivity index (χ0) is 21.7. The van der Waals surface area contributed by atoms with Crippen molar-refractivity contribution in [3.05, 3.63) is 42.5 Å². The molecule has 30 heavy (non-hydrogen) atoms. The molecule has 0 saturated carbocycles. The summed E-state index contributed by atoms with van der Waals surface area (Å²) in [5.74, 6) is 0.108. The fourth-order valence-corrected chi connectivity index (χ4v) is 5.15. The molecule has 9 heteroatoms. The van der Waals surface area contributed by atoms with Crippen LogP contribution in [0.4, 0.5) is 11.4 Å². The Labute approximate surface area is 180 Å². The average molecular weight is 449 g/mol. The first-order valence-corrected chi connectivity index (χ1v) is 12.3. The fraction of sp³-hybridized carbons (Fsp3) is 0.333. The fourth-order valence-electron chi connectivity index (χ4n) is 2.88. The molecule has 0 bridgehead atoms. The number of ether oxygens (including phenoxy) is 1. The Kier molecular flexibility index (Phi) is 7.04. The van der Waals surface area contributed by atoms with Crippen molar-refractivity contribution in [1.29, 1.82) is 0 Å². The monoisotopic (exact) mass is 448 g/mol. The molecule has 0 unspecified atom stereocenters. The minimum Gasteiger partial charge on any atom is -0.492 e. The van der Waals surface area contributed by atoms with Gasteiger partial charge in [0.1, 0.15) is 5.75 Å². The molecule has 2 N–H and O–H groups in total. The van der Waals surface area contributed by atoms with Crippen molar-refractivity contribution < 1.29 is 22.7 Å². The molecule has 3 rings (SSSR count). The number of thioether (sulfide) groups is 1. The molecule has 1 aliphatic rings. The Hall–Kier alpha value is -2.52. The maximum Gasteiger partial charge on any atom is 0.228 e. The van der Waals surface area contributed by atoms with Gasteiger partial charge in [0.15, 0.2) is 9.84 Å². The van der Waals surface area contributed by atoms with E-state index in [0.29, 0.717) is 29.5 Å². The lowest BCUT2D eigenvalue weighted by Gasteiger charge is -2.12. The first-order chi connectivity index (χ1) is 14.3. The van der Waals surface area contributed by atoms with Crippen molar-refractivity contribution in [3.8, 4) is 5.75 Å². The number of rotatable bonds is 7. The van der Waals surface area contributed by atoms with Crippen LogP contribution in [0, 0.1) is 5.92 Å². The Morgan fingerprint density at radius 1 is 1.27 bits per heavy atom. The van der Waals surface area contributed by atoms with Gasteiger partial charge in [0.2, 0.25) is 11.8 Å². The van der Waals surface area contributed by atoms with Crippen LogP contribution < -0.4 is 15.4 Å². The Morgan fingerprint density at radius 2 is 2.03 bits per heavy atom. The number of amides is 2. The zero-order valence-corrected chi connectivity index (χ0v) is 18.4. The first-order valence-electron chi connectivity index (χ1n) is 9.62. The molecule has 1 atom stereocenters. The van der Waals surface area contributed by atoms with E-state index in [9.17, 15) is 18.0 Å². The van der Waals surface area contributed by atoms with Gasteiger partial charge in [-0.2, -0.15) is 0 Å². The van der Waals surface area contributed by atoms with Gasteiger partial charge in [-0.05, 0) is 37.3 Å². The lowest BCUT2D eigenvalue weighted by Crippen LogP contribution is -2.20. The van der Waals surface area contributed by atoms with Crippen LogP contribution in [-0.4, -0.2) is 38.3 Å². The molecule has 2 aromatic carbocycles. The van der Waals surface area contributed by atoms with E-state index in [2.05, 4.69) is 10.6 Å². The van der Waals surface area contributed by atoms with Crippen LogP contribution in [-0.2, 0) is 19.4 Å². The largest absolute Gasteiger partial charge is 0.492 e. The summed E-state index contributed by atoms with van der Waals surface area (Å²) >= 11 is 1.51. The molecule has 0 saturated heterocycles. The number of carbonyl (C=O) groups excluding carboxylic acids is 2. The van der Waals surface area contributed by atoms with Crippen molar-refractivity contribution in [2.75, 3.05) is 28.7 Å². The molecule has 160 valence electrons. The molecule has 2 amide bonds. The highest BCUT2D eigenvalue weighted by molar-refractivity contribution is 7.99. The van der Waals surface area contributed by atoms with Crippen molar-refractivity contribution in [1.82, 2.24) is 0 Å². The molecule has 0 spiro atoms. The zero-order valence-electron chi connectivity index (χ0n) is 16.8. The molecule has 0 fully saturated rings. The van der Waals surface area contributed by atoms with Crippen molar-refractivity contribution in [2.24, 2.45) is 5.92 Å². The number of sulfone groups is 1. The SMILES string of the molecule is CCOc1ccccc1NC(=O)CCS(=O)(=O)c1ccc2c(c1)NC(=O)[C@H](C)CS2. The van der Waals surface area contributed by atoms with Gasteiger partial charge >= 0.3 is 0 Å². The third kappa shape index (κ3) is 5.34. The highest BCUT2D eigenvalue weighted by Crippen LogP contribution is 2.34. The predicted octanol–water partition coefficient (Wildman–Crippen LogP) is 3.57. The second-order valence-corrected chi connectivity index (χ2v) is 10.1. The number of hydrogen-bond acceptors (Lipinski definition) is 6. The van der Waals surface area contributed by atoms with Crippen LogP contribution in [0.5, 0.6) is 5.75 Å². The van der Waals surface area contributed by atoms with Gasteiger partial charge in [0.05, 0.1) is 28.6 Å². The van der Waals surface area contributed by atoms with Crippen molar-refractivity contribution in [2.45, 2.75) is 30.1 Å². The molecular weight excluding hydrogens is 424 g/mol. The van der Waals surface area contributed by atoms with Gasteiger partial charge in [-0.25, -0.2) is 8.42 Å². The summed E-state index contributed by atoms with van der Waals surface area (Å²) in [6.45, 7) is 4.12. The minimum atomic E-state index is -3.70. The number of hydrogen-bond donors (Lipinski definition) is 2. The van der Waals surface area contributed by atoms with E-state index in [-0.39, 0.29) is 28.9 Å². The van der Waals surface area contributed by atoms with Gasteiger partial charge in [-0.15, -0.1) is 11.8 Å². The van der Waals surface area contributed by atoms with Gasteiger partial charge in [-0.1, -0.05) is 19.1 Å². The summed E-state index contributed by atoms with van der Waals surface area (Å²) in [4.78, 5) is 25.3. The minimum absolute atomic E-state index is 0.0826. The lowest BCUT2D eigenvalue weighted by atomic mass is 10.2. The maximum atomic E-state index is 12.8. The smallest absolute Gasteiger partial charge is 0.228 e. The number of anilines is 2. The predicted molar refractivity (Wildman–Crippen MR) is 118 cm³/mol. The summed E-state index contributed by atoms with van der Waals surface area (Å²) in [5, 5.41) is 5.48. The van der Waals surface area contributed by atoms with Crippen LogP contribution in [0.2, 0.25) is 0 Å². The van der Waals surface area contributed by atoms with E-state index in [1.165, 1.54) is 23.9 Å². The van der Waals surface area contributed by atoms with E-state index in [0.717, 1.165) is 4.90 Å². The molecule has 1 heterocycles. The van der Waals surface area contributed by atoms with Crippen LogP contribution in [0.1, 0.15) is 20.3 Å². The number of para-hydroxylation sites is 2. The summed E-state index contributed by atoms with van der Waals surface area (Å²) in [5.41, 5.74) is 0.992. The molecular formula is C21H24N2O5S2. The number of carbonyl (C=O) groups is 2. The summed E-state index contributed by atoms with van der Waals surface area (Å²) in [6.07, 6.45) is -0.196. The molecule has 1 aliphatic heterocycles. The Balaban J connectivity index is 1.68. The van der Waals surface area contributed by atoms with E-state index < -0.39 is 15.7 Å². The summed E-state index contributed by atoms with van der Waals surface area (Å²) in [7, 11) is -3.70. The highest BCUT2D eigenvalue weighted by atomic mass is 32.2.